The Labute approximate surface area is 54.8 Å². The highest BCUT2D eigenvalue weighted by Gasteiger charge is 2.42. The van der Waals surface area contributed by atoms with Gasteiger partial charge < -0.3 is 0 Å². The lowest BCUT2D eigenvalue weighted by Gasteiger charge is -2.28. The van der Waals surface area contributed by atoms with Gasteiger partial charge in [0.05, 0.1) is 5.41 Å². The molecule has 1 unspecified atom stereocenters. The summed E-state index contributed by atoms with van der Waals surface area (Å²) >= 11 is 0. The number of allylic oxidation sites excluding steroid dienone is 2. The minimum atomic E-state index is 0.0556. The largest absolute Gasteiger partial charge is 0.299 e. The molecule has 1 atom stereocenters. The number of rotatable bonds is 0. The molecule has 0 bridgehead atoms. The van der Waals surface area contributed by atoms with Crippen LogP contribution in [0.4, 0.5) is 0 Å². The zero-order valence-electron chi connectivity index (χ0n) is 5.39. The zero-order valence-corrected chi connectivity index (χ0v) is 5.39. The predicted octanol–water partition coefficient (Wildman–Crippen LogP) is 1.69. The highest BCUT2D eigenvalue weighted by atomic mass is 16.1. The SMILES string of the molecule is O=C1CCCC12C=CC2. The van der Waals surface area contributed by atoms with Gasteiger partial charge in [-0.25, -0.2) is 0 Å². The zero-order chi connectivity index (χ0) is 6.32. The van der Waals surface area contributed by atoms with Crippen molar-refractivity contribution in [3.05, 3.63) is 12.2 Å². The fourth-order valence-electron chi connectivity index (χ4n) is 1.75. The number of ketones is 1. The van der Waals surface area contributed by atoms with Crippen LogP contribution in [0.3, 0.4) is 0 Å². The van der Waals surface area contributed by atoms with Gasteiger partial charge in [0.25, 0.3) is 0 Å². The average molecular weight is 122 g/mol. The van der Waals surface area contributed by atoms with Crippen LogP contribution in [0.15, 0.2) is 12.2 Å². The molecular formula is C8H10O. The van der Waals surface area contributed by atoms with Crippen LogP contribution in [0, 0.1) is 5.41 Å². The van der Waals surface area contributed by atoms with E-state index in [1.54, 1.807) is 0 Å². The van der Waals surface area contributed by atoms with E-state index >= 15 is 0 Å². The van der Waals surface area contributed by atoms with Crippen LogP contribution >= 0.6 is 0 Å². The fourth-order valence-corrected chi connectivity index (χ4v) is 1.75. The van der Waals surface area contributed by atoms with Crippen LogP contribution in [-0.4, -0.2) is 5.78 Å². The molecule has 0 aromatic carbocycles. The van der Waals surface area contributed by atoms with Gasteiger partial charge in [-0.2, -0.15) is 0 Å². The highest BCUT2D eigenvalue weighted by Crippen LogP contribution is 2.44. The minimum Gasteiger partial charge on any atom is -0.299 e. The minimum absolute atomic E-state index is 0.0556. The lowest BCUT2D eigenvalue weighted by molar-refractivity contribution is -0.124. The second-order valence-electron chi connectivity index (χ2n) is 3.04. The topological polar surface area (TPSA) is 17.1 Å². The van der Waals surface area contributed by atoms with E-state index in [-0.39, 0.29) is 5.41 Å². The second-order valence-corrected chi connectivity index (χ2v) is 3.04. The third kappa shape index (κ3) is 0.521. The first-order valence-corrected chi connectivity index (χ1v) is 3.55. The second kappa shape index (κ2) is 1.47. The number of carbonyl (C=O) groups is 1. The average Bonchev–Trinajstić information content (AvgIpc) is 2.07. The molecule has 1 saturated carbocycles. The molecule has 0 aliphatic heterocycles. The van der Waals surface area contributed by atoms with Crippen molar-refractivity contribution in [3.63, 3.8) is 0 Å². The van der Waals surface area contributed by atoms with Crippen LogP contribution in [0.1, 0.15) is 25.7 Å². The van der Waals surface area contributed by atoms with Crippen molar-refractivity contribution in [2.45, 2.75) is 25.7 Å². The summed E-state index contributed by atoms with van der Waals surface area (Å²) in [6.07, 6.45) is 8.26. The van der Waals surface area contributed by atoms with Crippen molar-refractivity contribution in [2.24, 2.45) is 5.41 Å². The first-order chi connectivity index (χ1) is 4.33. The summed E-state index contributed by atoms with van der Waals surface area (Å²) in [5.74, 6) is 0.477. The molecule has 2 aliphatic rings. The fraction of sp³-hybridized carbons (Fsp3) is 0.625. The Balaban J connectivity index is 2.29. The van der Waals surface area contributed by atoms with E-state index in [9.17, 15) is 4.79 Å². The van der Waals surface area contributed by atoms with E-state index in [1.807, 2.05) is 0 Å². The van der Waals surface area contributed by atoms with Gasteiger partial charge in [0.15, 0.2) is 0 Å². The van der Waals surface area contributed by atoms with Crippen molar-refractivity contribution in [2.75, 3.05) is 0 Å². The molecule has 0 aromatic rings. The maximum Gasteiger partial charge on any atom is 0.143 e. The molecule has 1 spiro atoms. The normalized spacial score (nSPS) is 39.8. The highest BCUT2D eigenvalue weighted by molar-refractivity contribution is 5.90. The smallest absolute Gasteiger partial charge is 0.143 e. The van der Waals surface area contributed by atoms with Crippen LogP contribution in [0.2, 0.25) is 0 Å². The van der Waals surface area contributed by atoms with Crippen LogP contribution < -0.4 is 0 Å². The van der Waals surface area contributed by atoms with Crippen molar-refractivity contribution >= 4 is 5.78 Å². The summed E-state index contributed by atoms with van der Waals surface area (Å²) in [6, 6.07) is 0. The van der Waals surface area contributed by atoms with Gasteiger partial charge in [0, 0.05) is 6.42 Å². The van der Waals surface area contributed by atoms with Crippen LogP contribution in [0.5, 0.6) is 0 Å². The molecule has 9 heavy (non-hydrogen) atoms. The van der Waals surface area contributed by atoms with Crippen molar-refractivity contribution in [3.8, 4) is 0 Å². The van der Waals surface area contributed by atoms with Crippen molar-refractivity contribution in [1.29, 1.82) is 0 Å². The van der Waals surface area contributed by atoms with Crippen molar-refractivity contribution in [1.82, 2.24) is 0 Å². The molecule has 0 saturated heterocycles. The lowest BCUT2D eigenvalue weighted by Crippen LogP contribution is -2.27. The van der Waals surface area contributed by atoms with Crippen LogP contribution in [0.25, 0.3) is 0 Å². The van der Waals surface area contributed by atoms with Gasteiger partial charge >= 0.3 is 0 Å². The van der Waals surface area contributed by atoms with E-state index in [1.165, 1.54) is 0 Å². The number of Topliss-reactive ketones (excluding diaryl/α,β-unsaturated/α-hetero) is 1. The number of hydrogen-bond donors (Lipinski definition) is 0. The first kappa shape index (κ1) is 5.21. The molecule has 2 rings (SSSR count). The summed E-state index contributed by atoms with van der Waals surface area (Å²) in [7, 11) is 0. The summed E-state index contributed by atoms with van der Waals surface area (Å²) < 4.78 is 0. The van der Waals surface area contributed by atoms with Gasteiger partial charge in [-0.3, -0.25) is 4.79 Å². The number of hydrogen-bond acceptors (Lipinski definition) is 1. The predicted molar refractivity (Wildman–Crippen MR) is 35.0 cm³/mol. The standard InChI is InChI=1S/C8H10O/c9-7-3-1-4-8(7)5-2-6-8/h2,5H,1,3-4,6H2. The summed E-state index contributed by atoms with van der Waals surface area (Å²) in [5, 5.41) is 0. The van der Waals surface area contributed by atoms with Gasteiger partial charge in [0.1, 0.15) is 5.78 Å². The Kier molecular flexibility index (Phi) is 0.850. The summed E-state index contributed by atoms with van der Waals surface area (Å²) in [4.78, 5) is 11.1. The summed E-state index contributed by atoms with van der Waals surface area (Å²) in [6.45, 7) is 0. The molecular weight excluding hydrogens is 112 g/mol. The maximum atomic E-state index is 11.1. The third-order valence-corrected chi connectivity index (χ3v) is 2.50. The Morgan fingerprint density at radius 1 is 1.56 bits per heavy atom. The van der Waals surface area contributed by atoms with E-state index < -0.39 is 0 Å². The third-order valence-electron chi connectivity index (χ3n) is 2.50. The van der Waals surface area contributed by atoms with Crippen LogP contribution in [-0.2, 0) is 4.79 Å². The molecule has 0 heterocycles. The van der Waals surface area contributed by atoms with E-state index in [2.05, 4.69) is 12.2 Å². The quantitative estimate of drug-likeness (QED) is 0.447. The summed E-state index contributed by atoms with van der Waals surface area (Å²) in [5.41, 5.74) is 0.0556. The molecule has 0 amide bonds. The maximum absolute atomic E-state index is 11.1. The Morgan fingerprint density at radius 2 is 2.33 bits per heavy atom. The molecule has 0 radical (unpaired) electrons. The Morgan fingerprint density at radius 3 is 2.56 bits per heavy atom. The number of carbonyl (C=O) groups excluding carboxylic acids is 1. The monoisotopic (exact) mass is 122 g/mol. The first-order valence-electron chi connectivity index (χ1n) is 3.55. The van der Waals surface area contributed by atoms with E-state index in [0.29, 0.717) is 5.78 Å². The van der Waals surface area contributed by atoms with Gasteiger partial charge in [-0.05, 0) is 19.3 Å². The van der Waals surface area contributed by atoms with E-state index in [0.717, 1.165) is 25.7 Å². The molecule has 0 aromatic heterocycles. The lowest BCUT2D eigenvalue weighted by atomic mass is 9.74. The molecule has 1 heteroatoms. The molecule has 0 N–H and O–H groups in total. The van der Waals surface area contributed by atoms with Crippen molar-refractivity contribution < 1.29 is 4.79 Å². The van der Waals surface area contributed by atoms with Gasteiger partial charge in [-0.15, -0.1) is 0 Å². The molecule has 1 nitrogen and oxygen atoms in total. The Bertz CT molecular complexity index is 181. The molecule has 2 aliphatic carbocycles. The Hall–Kier alpha value is -0.590. The van der Waals surface area contributed by atoms with Gasteiger partial charge in [-0.1, -0.05) is 12.2 Å². The van der Waals surface area contributed by atoms with E-state index in [4.69, 9.17) is 0 Å². The van der Waals surface area contributed by atoms with Gasteiger partial charge in [0.2, 0.25) is 0 Å². The molecule has 1 fully saturated rings. The molecule has 48 valence electrons.